The number of benzene rings is 4. The standard InChI is InChI=1S/C48H40N2S4/c1-3-5-23-49-39-27-31(43-9-7-25-51-43)11-15-35(39)37-17-13-33(29-41(37)49)45-19-21-47(53-45)48-22-20-46(54-48)34-14-18-38-36-16-12-32(44-10-8-26-52-44)28-40(36)50(24-6-4-2)42(38)30-34/h7-22,25-30H,3-6,23-24H2,1-2H3. The highest BCUT2D eigenvalue weighted by Crippen LogP contribution is 2.43. The smallest absolute Gasteiger partial charge is 0.0497 e. The zero-order valence-electron chi connectivity index (χ0n) is 30.5. The van der Waals surface area contributed by atoms with Gasteiger partial charge < -0.3 is 9.13 Å². The Morgan fingerprint density at radius 3 is 1.07 bits per heavy atom. The summed E-state index contributed by atoms with van der Waals surface area (Å²) in [6, 6.07) is 46.3. The summed E-state index contributed by atoms with van der Waals surface area (Å²) < 4.78 is 5.13. The van der Waals surface area contributed by atoms with Gasteiger partial charge in [-0.05, 0) is 107 Å². The van der Waals surface area contributed by atoms with Gasteiger partial charge in [0.25, 0.3) is 0 Å². The average Bonchev–Trinajstić information content (AvgIpc) is 4.07. The molecule has 6 aromatic heterocycles. The minimum absolute atomic E-state index is 1.03. The lowest BCUT2D eigenvalue weighted by molar-refractivity contribution is 0.665. The van der Waals surface area contributed by atoms with Crippen LogP contribution in [0.1, 0.15) is 39.5 Å². The maximum absolute atomic E-state index is 2.57. The number of unbranched alkanes of at least 4 members (excludes halogenated alkanes) is 2. The number of fused-ring (bicyclic) bond motifs is 6. The molecule has 0 saturated carbocycles. The molecule has 6 heteroatoms. The zero-order chi connectivity index (χ0) is 36.2. The number of nitrogens with zero attached hydrogens (tertiary/aromatic N) is 2. The number of rotatable bonds is 11. The molecule has 0 aliphatic heterocycles. The lowest BCUT2D eigenvalue weighted by Gasteiger charge is -2.08. The van der Waals surface area contributed by atoms with Crippen LogP contribution in [0.2, 0.25) is 0 Å². The van der Waals surface area contributed by atoms with E-state index >= 15 is 0 Å². The Hall–Kier alpha value is -4.72. The van der Waals surface area contributed by atoms with Gasteiger partial charge in [0.2, 0.25) is 0 Å². The molecule has 10 aromatic rings. The largest absolute Gasteiger partial charge is 0.340 e. The third-order valence-electron chi connectivity index (χ3n) is 10.8. The SMILES string of the molecule is CCCCn1c2cc(-c3cccs3)ccc2c2ccc(-c3ccc(-c4ccc(-c5ccc6c7ccc(-c8cccs8)cc7n(CCCC)c6c5)s4)s3)cc21. The Morgan fingerprint density at radius 2 is 0.741 bits per heavy atom. The van der Waals surface area contributed by atoms with Crippen molar-refractivity contribution >= 4 is 89.0 Å². The van der Waals surface area contributed by atoms with Crippen molar-refractivity contribution in [2.45, 2.75) is 52.6 Å². The molecule has 54 heavy (non-hydrogen) atoms. The predicted molar refractivity (Wildman–Crippen MR) is 241 cm³/mol. The average molecular weight is 773 g/mol. The second-order valence-electron chi connectivity index (χ2n) is 14.2. The number of aryl methyl sites for hydroxylation is 2. The second kappa shape index (κ2) is 14.2. The zero-order valence-corrected chi connectivity index (χ0v) is 33.7. The molecule has 0 saturated heterocycles. The van der Waals surface area contributed by atoms with E-state index in [4.69, 9.17) is 0 Å². The number of hydrogen-bond donors (Lipinski definition) is 0. The van der Waals surface area contributed by atoms with Crippen molar-refractivity contribution in [3.8, 4) is 51.5 Å². The molecular weight excluding hydrogens is 733 g/mol. The fourth-order valence-corrected chi connectivity index (χ4v) is 11.6. The first-order chi connectivity index (χ1) is 26.7. The molecule has 0 atom stereocenters. The van der Waals surface area contributed by atoms with E-state index in [1.54, 1.807) is 0 Å². The quantitative estimate of drug-likeness (QED) is 0.124. The van der Waals surface area contributed by atoms with Crippen LogP contribution in [0.4, 0.5) is 0 Å². The van der Waals surface area contributed by atoms with E-state index in [1.807, 2.05) is 45.3 Å². The van der Waals surface area contributed by atoms with E-state index in [0.717, 1.165) is 13.1 Å². The molecule has 0 N–H and O–H groups in total. The minimum Gasteiger partial charge on any atom is -0.340 e. The molecule has 4 aromatic carbocycles. The van der Waals surface area contributed by atoms with Gasteiger partial charge in [-0.15, -0.1) is 45.3 Å². The lowest BCUT2D eigenvalue weighted by atomic mass is 10.1. The molecule has 0 amide bonds. The lowest BCUT2D eigenvalue weighted by Crippen LogP contribution is -1.97. The maximum atomic E-state index is 2.57. The summed E-state index contributed by atoms with van der Waals surface area (Å²) in [4.78, 5) is 7.94. The summed E-state index contributed by atoms with van der Waals surface area (Å²) >= 11 is 7.43. The van der Waals surface area contributed by atoms with Crippen molar-refractivity contribution in [3.05, 3.63) is 132 Å². The summed E-state index contributed by atoms with van der Waals surface area (Å²) in [6.07, 6.45) is 4.69. The first-order valence-corrected chi connectivity index (χ1v) is 22.5. The van der Waals surface area contributed by atoms with Crippen LogP contribution in [-0.4, -0.2) is 9.13 Å². The van der Waals surface area contributed by atoms with Crippen molar-refractivity contribution in [2.75, 3.05) is 0 Å². The van der Waals surface area contributed by atoms with E-state index in [-0.39, 0.29) is 0 Å². The second-order valence-corrected chi connectivity index (χ2v) is 18.3. The maximum Gasteiger partial charge on any atom is 0.0497 e. The third-order valence-corrected chi connectivity index (χ3v) is 15.1. The van der Waals surface area contributed by atoms with Crippen molar-refractivity contribution in [2.24, 2.45) is 0 Å². The molecule has 6 heterocycles. The molecule has 0 spiro atoms. The number of hydrogen-bond acceptors (Lipinski definition) is 4. The third kappa shape index (κ3) is 5.88. The van der Waals surface area contributed by atoms with Gasteiger partial charge >= 0.3 is 0 Å². The Bertz CT molecular complexity index is 2710. The highest BCUT2D eigenvalue weighted by atomic mass is 32.1. The van der Waals surface area contributed by atoms with Crippen LogP contribution >= 0.6 is 45.3 Å². The van der Waals surface area contributed by atoms with E-state index in [2.05, 4.69) is 155 Å². The Labute approximate surface area is 332 Å². The summed E-state index contributed by atoms with van der Waals surface area (Å²) in [5, 5.41) is 9.71. The van der Waals surface area contributed by atoms with Crippen LogP contribution in [0.5, 0.6) is 0 Å². The molecular formula is C48H40N2S4. The van der Waals surface area contributed by atoms with Gasteiger partial charge in [0.1, 0.15) is 0 Å². The van der Waals surface area contributed by atoms with Crippen LogP contribution in [0.15, 0.2) is 132 Å². The number of thiophene rings is 4. The fraction of sp³-hybridized carbons (Fsp3) is 0.167. The summed E-state index contributed by atoms with van der Waals surface area (Å²) in [5.41, 5.74) is 10.5. The first-order valence-electron chi connectivity index (χ1n) is 19.1. The number of aromatic nitrogens is 2. The summed E-state index contributed by atoms with van der Waals surface area (Å²) in [7, 11) is 0. The predicted octanol–water partition coefficient (Wildman–Crippen LogP) is 16.1. The van der Waals surface area contributed by atoms with Gasteiger partial charge in [-0.2, -0.15) is 0 Å². The van der Waals surface area contributed by atoms with E-state index in [9.17, 15) is 0 Å². The van der Waals surface area contributed by atoms with Crippen molar-refractivity contribution in [3.63, 3.8) is 0 Å². The molecule has 0 radical (unpaired) electrons. The van der Waals surface area contributed by atoms with Crippen LogP contribution in [0, 0.1) is 0 Å². The fourth-order valence-electron chi connectivity index (χ4n) is 8.05. The first kappa shape index (κ1) is 33.8. The van der Waals surface area contributed by atoms with Gasteiger partial charge in [-0.3, -0.25) is 0 Å². The molecule has 266 valence electrons. The Morgan fingerprint density at radius 1 is 0.389 bits per heavy atom. The monoisotopic (exact) mass is 772 g/mol. The molecule has 10 rings (SSSR count). The Balaban J connectivity index is 0.986. The van der Waals surface area contributed by atoms with Gasteiger partial charge in [0.05, 0.1) is 0 Å². The van der Waals surface area contributed by atoms with Gasteiger partial charge in [-0.1, -0.05) is 87.4 Å². The molecule has 2 nitrogen and oxygen atoms in total. The van der Waals surface area contributed by atoms with Crippen LogP contribution < -0.4 is 0 Å². The van der Waals surface area contributed by atoms with Crippen molar-refractivity contribution in [1.82, 2.24) is 9.13 Å². The van der Waals surface area contributed by atoms with Crippen LogP contribution in [-0.2, 0) is 13.1 Å². The summed E-state index contributed by atoms with van der Waals surface area (Å²) in [6.45, 7) is 6.63. The molecule has 0 fully saturated rings. The van der Waals surface area contributed by atoms with Crippen LogP contribution in [0.3, 0.4) is 0 Å². The Kier molecular flexibility index (Phi) is 8.87. The summed E-state index contributed by atoms with van der Waals surface area (Å²) in [5.74, 6) is 0. The highest BCUT2D eigenvalue weighted by Gasteiger charge is 2.17. The molecule has 0 bridgehead atoms. The van der Waals surface area contributed by atoms with E-state index in [0.29, 0.717) is 0 Å². The van der Waals surface area contributed by atoms with Gasteiger partial charge in [-0.25, -0.2) is 0 Å². The van der Waals surface area contributed by atoms with E-state index < -0.39 is 0 Å². The van der Waals surface area contributed by atoms with Gasteiger partial charge in [0.15, 0.2) is 0 Å². The normalized spacial score (nSPS) is 12.0. The van der Waals surface area contributed by atoms with Crippen molar-refractivity contribution in [1.29, 1.82) is 0 Å². The molecule has 0 aliphatic rings. The highest BCUT2D eigenvalue weighted by molar-refractivity contribution is 7.25. The molecule has 0 aliphatic carbocycles. The van der Waals surface area contributed by atoms with Gasteiger partial charge in [0, 0.05) is 86.0 Å². The van der Waals surface area contributed by atoms with Crippen molar-refractivity contribution < 1.29 is 0 Å². The topological polar surface area (TPSA) is 9.86 Å². The molecule has 0 unspecified atom stereocenters. The minimum atomic E-state index is 1.03. The van der Waals surface area contributed by atoms with Crippen LogP contribution in [0.25, 0.3) is 95.1 Å². The van der Waals surface area contributed by atoms with E-state index in [1.165, 1.54) is 121 Å².